The number of sulfonamides is 1. The number of hydrogen-bond donors (Lipinski definition) is 1. The molecule has 0 spiro atoms. The molecule has 1 rings (SSSR count). The highest BCUT2D eigenvalue weighted by Gasteiger charge is 2.17. The third-order valence-electron chi connectivity index (χ3n) is 2.56. The summed E-state index contributed by atoms with van der Waals surface area (Å²) in [6, 6.07) is 6.37. The van der Waals surface area contributed by atoms with Gasteiger partial charge in [-0.15, -0.1) is 0 Å². The Bertz CT molecular complexity index is 537. The number of hydrogen-bond acceptors (Lipinski definition) is 4. The largest absolute Gasteiger partial charge is 0.465 e. The van der Waals surface area contributed by atoms with Crippen LogP contribution in [0.5, 0.6) is 0 Å². The standard InChI is InChI=1S/C13H19NO4S/c1-10(2)8-9-19(16,17)14-12-7-5-4-6-11(12)13(15)18-3/h4-7,10,14H,8-9H2,1-3H3. The molecule has 0 aromatic heterocycles. The lowest BCUT2D eigenvalue weighted by atomic mass is 10.2. The average Bonchev–Trinajstić information content (AvgIpc) is 2.36. The van der Waals surface area contributed by atoms with Gasteiger partial charge >= 0.3 is 5.97 Å². The summed E-state index contributed by atoms with van der Waals surface area (Å²) in [5.41, 5.74) is 0.455. The molecule has 0 fully saturated rings. The Morgan fingerprint density at radius 3 is 2.53 bits per heavy atom. The molecule has 1 aromatic rings. The number of benzene rings is 1. The molecule has 0 amide bonds. The van der Waals surface area contributed by atoms with Crippen LogP contribution in [-0.2, 0) is 14.8 Å². The van der Waals surface area contributed by atoms with Gasteiger partial charge in [0.1, 0.15) is 0 Å². The van der Waals surface area contributed by atoms with Gasteiger partial charge in [-0.25, -0.2) is 13.2 Å². The van der Waals surface area contributed by atoms with Gasteiger partial charge in [-0.05, 0) is 24.5 Å². The van der Waals surface area contributed by atoms with Crippen molar-refractivity contribution in [1.29, 1.82) is 0 Å². The number of methoxy groups -OCH3 is 1. The Labute approximate surface area is 114 Å². The van der Waals surface area contributed by atoms with Gasteiger partial charge in [-0.3, -0.25) is 4.72 Å². The van der Waals surface area contributed by atoms with Crippen LogP contribution in [0, 0.1) is 5.92 Å². The summed E-state index contributed by atoms with van der Waals surface area (Å²) in [4.78, 5) is 11.5. The Balaban J connectivity index is 2.90. The van der Waals surface area contributed by atoms with E-state index in [1.807, 2.05) is 13.8 Å². The van der Waals surface area contributed by atoms with E-state index in [0.29, 0.717) is 12.3 Å². The number of para-hydroxylation sites is 1. The maximum absolute atomic E-state index is 11.9. The number of carbonyl (C=O) groups excluding carboxylic acids is 1. The molecule has 6 heteroatoms. The van der Waals surface area contributed by atoms with Gasteiger partial charge in [0.25, 0.3) is 0 Å². The summed E-state index contributed by atoms with van der Waals surface area (Å²) in [7, 11) is -2.20. The molecule has 5 nitrogen and oxygen atoms in total. The Kier molecular flexibility index (Phi) is 5.35. The van der Waals surface area contributed by atoms with Crippen molar-refractivity contribution in [2.24, 2.45) is 5.92 Å². The fourth-order valence-electron chi connectivity index (χ4n) is 1.47. The first-order valence-corrected chi connectivity index (χ1v) is 7.69. The molecule has 19 heavy (non-hydrogen) atoms. The third kappa shape index (κ3) is 4.90. The van der Waals surface area contributed by atoms with Gasteiger partial charge in [0.15, 0.2) is 0 Å². The molecule has 0 bridgehead atoms. The molecule has 0 saturated carbocycles. The molecule has 0 aliphatic rings. The van der Waals surface area contributed by atoms with Crippen molar-refractivity contribution in [3.63, 3.8) is 0 Å². The third-order valence-corrected chi connectivity index (χ3v) is 3.87. The second kappa shape index (κ2) is 6.56. The van der Waals surface area contributed by atoms with Crippen molar-refractivity contribution in [2.45, 2.75) is 20.3 Å². The molecule has 1 aromatic carbocycles. The highest BCUT2D eigenvalue weighted by atomic mass is 32.2. The summed E-state index contributed by atoms with van der Waals surface area (Å²) < 4.78 is 30.9. The van der Waals surface area contributed by atoms with Gasteiger partial charge in [0.05, 0.1) is 24.1 Å². The van der Waals surface area contributed by atoms with Gasteiger partial charge in [-0.2, -0.15) is 0 Å². The van der Waals surface area contributed by atoms with Crippen LogP contribution in [0.3, 0.4) is 0 Å². The lowest BCUT2D eigenvalue weighted by molar-refractivity contribution is 0.0602. The maximum atomic E-state index is 11.9. The minimum atomic E-state index is -3.45. The van der Waals surface area contributed by atoms with Crippen LogP contribution in [-0.4, -0.2) is 27.2 Å². The van der Waals surface area contributed by atoms with Gasteiger partial charge < -0.3 is 4.74 Å². The Morgan fingerprint density at radius 1 is 1.32 bits per heavy atom. The molecule has 0 unspecified atom stereocenters. The minimum absolute atomic E-state index is 0.0279. The molecular weight excluding hydrogens is 266 g/mol. The van der Waals surface area contributed by atoms with Crippen molar-refractivity contribution in [3.8, 4) is 0 Å². The molecule has 0 saturated heterocycles. The van der Waals surface area contributed by atoms with Crippen LogP contribution in [0.4, 0.5) is 5.69 Å². The lowest BCUT2D eigenvalue weighted by Crippen LogP contribution is -2.19. The summed E-state index contributed by atoms with van der Waals surface area (Å²) in [5, 5.41) is 0. The van der Waals surface area contributed by atoms with Crippen molar-refractivity contribution >= 4 is 21.7 Å². The topological polar surface area (TPSA) is 72.5 Å². The van der Waals surface area contributed by atoms with E-state index in [1.54, 1.807) is 18.2 Å². The Morgan fingerprint density at radius 2 is 1.95 bits per heavy atom. The molecule has 0 radical (unpaired) electrons. The predicted molar refractivity (Wildman–Crippen MR) is 74.6 cm³/mol. The highest BCUT2D eigenvalue weighted by molar-refractivity contribution is 7.92. The molecular formula is C13H19NO4S. The van der Waals surface area contributed by atoms with Crippen molar-refractivity contribution in [2.75, 3.05) is 17.6 Å². The number of esters is 1. The smallest absolute Gasteiger partial charge is 0.339 e. The number of ether oxygens (including phenoxy) is 1. The highest BCUT2D eigenvalue weighted by Crippen LogP contribution is 2.18. The number of rotatable bonds is 6. The first-order chi connectivity index (χ1) is 8.85. The SMILES string of the molecule is COC(=O)c1ccccc1NS(=O)(=O)CCC(C)C. The summed E-state index contributed by atoms with van der Waals surface area (Å²) in [5.74, 6) is -0.241. The molecule has 0 atom stereocenters. The van der Waals surface area contributed by atoms with E-state index in [1.165, 1.54) is 13.2 Å². The quantitative estimate of drug-likeness (QED) is 0.814. The van der Waals surface area contributed by atoms with Crippen LogP contribution < -0.4 is 4.72 Å². The van der Waals surface area contributed by atoms with Crippen molar-refractivity contribution in [3.05, 3.63) is 29.8 Å². The lowest BCUT2D eigenvalue weighted by Gasteiger charge is -2.12. The monoisotopic (exact) mass is 285 g/mol. The molecule has 0 aliphatic carbocycles. The van der Waals surface area contributed by atoms with Gasteiger partial charge in [0, 0.05) is 0 Å². The summed E-state index contributed by atoms with van der Waals surface area (Å²) in [6.07, 6.45) is 0.565. The fraction of sp³-hybridized carbons (Fsp3) is 0.462. The van der Waals surface area contributed by atoms with E-state index in [9.17, 15) is 13.2 Å². The number of nitrogens with one attached hydrogen (secondary N) is 1. The van der Waals surface area contributed by atoms with Crippen LogP contribution in [0.25, 0.3) is 0 Å². The van der Waals surface area contributed by atoms with Crippen LogP contribution >= 0.6 is 0 Å². The van der Waals surface area contributed by atoms with Crippen LogP contribution in [0.2, 0.25) is 0 Å². The maximum Gasteiger partial charge on any atom is 0.339 e. The molecule has 106 valence electrons. The molecule has 0 aliphatic heterocycles. The van der Waals surface area contributed by atoms with E-state index >= 15 is 0 Å². The normalized spacial score (nSPS) is 11.4. The molecule has 0 heterocycles. The zero-order valence-electron chi connectivity index (χ0n) is 11.3. The van der Waals surface area contributed by atoms with Gasteiger partial charge in [-0.1, -0.05) is 26.0 Å². The number of carbonyl (C=O) groups is 1. The van der Waals surface area contributed by atoms with Crippen molar-refractivity contribution in [1.82, 2.24) is 0 Å². The minimum Gasteiger partial charge on any atom is -0.465 e. The molecule has 1 N–H and O–H groups in total. The van der Waals surface area contributed by atoms with E-state index in [0.717, 1.165) is 0 Å². The summed E-state index contributed by atoms with van der Waals surface area (Å²) >= 11 is 0. The first-order valence-electron chi connectivity index (χ1n) is 6.03. The zero-order valence-corrected chi connectivity index (χ0v) is 12.2. The second-order valence-corrected chi connectivity index (χ2v) is 6.48. The van der Waals surface area contributed by atoms with E-state index < -0.39 is 16.0 Å². The predicted octanol–water partition coefficient (Wildman–Crippen LogP) is 2.26. The first kappa shape index (κ1) is 15.5. The average molecular weight is 285 g/mol. The fourth-order valence-corrected chi connectivity index (χ4v) is 2.87. The van der Waals surface area contributed by atoms with Crippen LogP contribution in [0.15, 0.2) is 24.3 Å². The van der Waals surface area contributed by atoms with E-state index in [2.05, 4.69) is 9.46 Å². The number of anilines is 1. The van der Waals surface area contributed by atoms with E-state index in [4.69, 9.17) is 0 Å². The second-order valence-electron chi connectivity index (χ2n) is 4.64. The van der Waals surface area contributed by atoms with Crippen LogP contribution in [0.1, 0.15) is 30.6 Å². The Hall–Kier alpha value is -1.56. The van der Waals surface area contributed by atoms with E-state index in [-0.39, 0.29) is 17.0 Å². The van der Waals surface area contributed by atoms with Gasteiger partial charge in [0.2, 0.25) is 10.0 Å². The zero-order chi connectivity index (χ0) is 14.5. The van der Waals surface area contributed by atoms with Crippen molar-refractivity contribution < 1.29 is 17.9 Å². The summed E-state index contributed by atoms with van der Waals surface area (Å²) in [6.45, 7) is 3.91.